The van der Waals surface area contributed by atoms with Crippen LogP contribution in [0.25, 0.3) is 22.2 Å². The van der Waals surface area contributed by atoms with Gasteiger partial charge in [-0.25, -0.2) is 4.39 Å². The second-order valence-electron chi connectivity index (χ2n) is 7.96. The summed E-state index contributed by atoms with van der Waals surface area (Å²) in [5.74, 6) is 0.914. The van der Waals surface area contributed by atoms with Gasteiger partial charge in [0.15, 0.2) is 5.82 Å². The molecule has 0 saturated heterocycles. The second kappa shape index (κ2) is 8.30. The van der Waals surface area contributed by atoms with Gasteiger partial charge in [-0.1, -0.05) is 48.9 Å². The van der Waals surface area contributed by atoms with Gasteiger partial charge in [-0.2, -0.15) is 0 Å². The van der Waals surface area contributed by atoms with E-state index >= 15 is 0 Å². The van der Waals surface area contributed by atoms with E-state index in [2.05, 4.69) is 15.5 Å². The van der Waals surface area contributed by atoms with Crippen LogP contribution in [0, 0.1) is 5.82 Å². The molecular formula is C25H23FN4O. The topological polar surface area (TPSA) is 59.8 Å². The van der Waals surface area contributed by atoms with Gasteiger partial charge in [0, 0.05) is 18.7 Å². The van der Waals surface area contributed by atoms with Crippen molar-refractivity contribution in [2.24, 2.45) is 0 Å². The summed E-state index contributed by atoms with van der Waals surface area (Å²) in [6.07, 6.45) is 4.34. The molecule has 0 bridgehead atoms. The molecule has 0 fully saturated rings. The highest BCUT2D eigenvalue weighted by molar-refractivity contribution is 5.96. The molecule has 2 heterocycles. The predicted octanol–water partition coefficient (Wildman–Crippen LogP) is 5.15. The number of halogens is 1. The highest BCUT2D eigenvalue weighted by Gasteiger charge is 2.19. The monoisotopic (exact) mass is 414 g/mol. The third-order valence-corrected chi connectivity index (χ3v) is 5.83. The Morgan fingerprint density at radius 3 is 2.81 bits per heavy atom. The second-order valence-corrected chi connectivity index (χ2v) is 7.96. The zero-order valence-electron chi connectivity index (χ0n) is 17.1. The number of carbonyl (C=O) groups is 1. The van der Waals surface area contributed by atoms with Crippen LogP contribution < -0.4 is 5.32 Å². The summed E-state index contributed by atoms with van der Waals surface area (Å²) in [6.45, 7) is 0.786. The number of carbonyl (C=O) groups excluding carboxylic acids is 1. The van der Waals surface area contributed by atoms with Gasteiger partial charge in [0.25, 0.3) is 0 Å². The van der Waals surface area contributed by atoms with Crippen molar-refractivity contribution in [3.63, 3.8) is 0 Å². The van der Waals surface area contributed by atoms with Gasteiger partial charge in [-0.05, 0) is 47.4 Å². The molecular weight excluding hydrogens is 391 g/mol. The molecule has 1 N–H and O–H groups in total. The van der Waals surface area contributed by atoms with Crippen molar-refractivity contribution in [1.82, 2.24) is 14.8 Å². The summed E-state index contributed by atoms with van der Waals surface area (Å²) in [5.41, 5.74) is 1.87. The van der Waals surface area contributed by atoms with Gasteiger partial charge >= 0.3 is 0 Å². The van der Waals surface area contributed by atoms with E-state index in [0.717, 1.165) is 54.4 Å². The lowest BCUT2D eigenvalue weighted by molar-refractivity contribution is -0.115. The lowest BCUT2D eigenvalue weighted by Crippen LogP contribution is -2.15. The van der Waals surface area contributed by atoms with Crippen molar-refractivity contribution in [2.75, 3.05) is 5.32 Å². The van der Waals surface area contributed by atoms with Crippen LogP contribution in [-0.4, -0.2) is 20.7 Å². The van der Waals surface area contributed by atoms with Crippen LogP contribution in [0.2, 0.25) is 0 Å². The molecule has 1 aromatic heterocycles. The van der Waals surface area contributed by atoms with Crippen LogP contribution in [0.4, 0.5) is 10.1 Å². The molecule has 1 aliphatic heterocycles. The summed E-state index contributed by atoms with van der Waals surface area (Å²) in [7, 11) is 0. The molecule has 0 unspecified atom stereocenters. The average Bonchev–Trinajstić information content (AvgIpc) is 3.03. The van der Waals surface area contributed by atoms with E-state index in [9.17, 15) is 9.18 Å². The average molecular weight is 414 g/mol. The quantitative estimate of drug-likeness (QED) is 0.503. The number of rotatable bonds is 4. The Bertz CT molecular complexity index is 1260. The normalized spacial score (nSPS) is 13.6. The number of benzene rings is 3. The van der Waals surface area contributed by atoms with Gasteiger partial charge in [0.05, 0.1) is 12.0 Å². The van der Waals surface area contributed by atoms with Crippen molar-refractivity contribution < 1.29 is 9.18 Å². The Labute approximate surface area is 179 Å². The van der Waals surface area contributed by atoms with Gasteiger partial charge in [-0.15, -0.1) is 10.2 Å². The maximum Gasteiger partial charge on any atom is 0.228 e. The van der Waals surface area contributed by atoms with Gasteiger partial charge in [0.2, 0.25) is 5.91 Å². The first-order valence-corrected chi connectivity index (χ1v) is 10.7. The summed E-state index contributed by atoms with van der Waals surface area (Å²) < 4.78 is 16.7. The fourth-order valence-electron chi connectivity index (χ4n) is 4.28. The molecule has 5 rings (SSSR count). The minimum atomic E-state index is -0.369. The third-order valence-electron chi connectivity index (χ3n) is 5.83. The van der Waals surface area contributed by atoms with E-state index < -0.39 is 0 Å². The zero-order chi connectivity index (χ0) is 21.2. The molecule has 6 heteroatoms. The Kier molecular flexibility index (Phi) is 5.20. The van der Waals surface area contributed by atoms with Crippen molar-refractivity contribution in [1.29, 1.82) is 0 Å². The molecule has 4 aromatic rings. The molecule has 0 radical (unpaired) electrons. The van der Waals surface area contributed by atoms with E-state index in [-0.39, 0.29) is 18.1 Å². The molecule has 31 heavy (non-hydrogen) atoms. The van der Waals surface area contributed by atoms with E-state index in [1.165, 1.54) is 6.07 Å². The molecule has 5 nitrogen and oxygen atoms in total. The van der Waals surface area contributed by atoms with E-state index in [0.29, 0.717) is 17.1 Å². The predicted molar refractivity (Wildman–Crippen MR) is 119 cm³/mol. The van der Waals surface area contributed by atoms with Crippen LogP contribution in [0.3, 0.4) is 0 Å². The largest absolute Gasteiger partial charge is 0.326 e. The maximum atomic E-state index is 14.7. The zero-order valence-corrected chi connectivity index (χ0v) is 17.1. The van der Waals surface area contributed by atoms with Crippen molar-refractivity contribution in [3.8, 4) is 11.4 Å². The van der Waals surface area contributed by atoms with Crippen LogP contribution in [0.15, 0.2) is 60.7 Å². The number of anilines is 1. The van der Waals surface area contributed by atoms with Crippen LogP contribution in [0.1, 0.15) is 30.7 Å². The number of aryl methyl sites for hydroxylation is 1. The minimum absolute atomic E-state index is 0.144. The lowest BCUT2D eigenvalue weighted by atomic mass is 10.0. The Hall–Kier alpha value is -3.54. The molecule has 0 spiro atoms. The molecule has 0 atom stereocenters. The highest BCUT2D eigenvalue weighted by Crippen LogP contribution is 2.28. The summed E-state index contributed by atoms with van der Waals surface area (Å²) in [6, 6.07) is 18.6. The number of aromatic nitrogens is 3. The van der Waals surface area contributed by atoms with Crippen molar-refractivity contribution >= 4 is 22.4 Å². The number of nitrogens with one attached hydrogen (secondary N) is 1. The Morgan fingerprint density at radius 2 is 1.87 bits per heavy atom. The fourth-order valence-corrected chi connectivity index (χ4v) is 4.28. The molecule has 0 saturated carbocycles. The standard InChI is InChI=1S/C25H23FN4O/c26-22-13-12-19(16-21(22)25-29-28-23-11-2-1-5-14-30(23)25)27-24(31)15-18-9-6-8-17-7-3-4-10-20(17)18/h3-4,6-10,12-13,16H,1-2,5,11,14-15H2,(H,27,31). The van der Waals surface area contributed by atoms with Gasteiger partial charge in [-0.3, -0.25) is 4.79 Å². The first-order chi connectivity index (χ1) is 15.2. The molecule has 1 aliphatic rings. The number of amides is 1. The van der Waals surface area contributed by atoms with Crippen LogP contribution in [0.5, 0.6) is 0 Å². The molecule has 3 aromatic carbocycles. The number of hydrogen-bond acceptors (Lipinski definition) is 3. The van der Waals surface area contributed by atoms with E-state index in [4.69, 9.17) is 0 Å². The number of hydrogen-bond donors (Lipinski definition) is 1. The van der Waals surface area contributed by atoms with E-state index in [1.807, 2.05) is 47.0 Å². The Morgan fingerprint density at radius 1 is 1.00 bits per heavy atom. The van der Waals surface area contributed by atoms with Gasteiger partial charge in [0.1, 0.15) is 11.6 Å². The first-order valence-electron chi connectivity index (χ1n) is 10.7. The molecule has 1 amide bonds. The number of fused-ring (bicyclic) bond motifs is 2. The van der Waals surface area contributed by atoms with E-state index in [1.54, 1.807) is 12.1 Å². The molecule has 0 aliphatic carbocycles. The molecule has 156 valence electrons. The van der Waals surface area contributed by atoms with Gasteiger partial charge < -0.3 is 9.88 Å². The SMILES string of the molecule is O=C(Cc1cccc2ccccc12)Nc1ccc(F)c(-c2nnc3n2CCCCC3)c1. The minimum Gasteiger partial charge on any atom is -0.326 e. The lowest BCUT2D eigenvalue weighted by Gasteiger charge is -2.11. The van der Waals surface area contributed by atoms with Crippen LogP contribution >= 0.6 is 0 Å². The van der Waals surface area contributed by atoms with Crippen LogP contribution in [-0.2, 0) is 24.2 Å². The summed E-state index contributed by atoms with van der Waals surface area (Å²) in [5, 5.41) is 13.6. The highest BCUT2D eigenvalue weighted by atomic mass is 19.1. The third kappa shape index (κ3) is 3.93. The smallest absolute Gasteiger partial charge is 0.228 e. The first kappa shape index (κ1) is 19.4. The fraction of sp³-hybridized carbons (Fsp3) is 0.240. The summed E-state index contributed by atoms with van der Waals surface area (Å²) >= 11 is 0. The maximum absolute atomic E-state index is 14.7. The van der Waals surface area contributed by atoms with Crippen molar-refractivity contribution in [2.45, 2.75) is 38.6 Å². The summed E-state index contributed by atoms with van der Waals surface area (Å²) in [4.78, 5) is 12.7. The van der Waals surface area contributed by atoms with Crippen molar-refractivity contribution in [3.05, 3.63) is 77.9 Å². The number of nitrogens with zero attached hydrogens (tertiary/aromatic N) is 3. The Balaban J connectivity index is 1.39.